The zero-order chi connectivity index (χ0) is 22.5. The first-order valence-electron chi connectivity index (χ1n) is 9.76. The summed E-state index contributed by atoms with van der Waals surface area (Å²) in [5.74, 6) is 0.206. The average molecular weight is 426 g/mol. The second kappa shape index (κ2) is 9.24. The van der Waals surface area contributed by atoms with Crippen molar-refractivity contribution >= 4 is 22.8 Å². The summed E-state index contributed by atoms with van der Waals surface area (Å²) in [6.45, 7) is 5.70. The smallest absolute Gasteiger partial charge is 0.349 e. The molecule has 3 rings (SSSR count). The molecule has 0 aliphatic carbocycles. The van der Waals surface area contributed by atoms with Gasteiger partial charge in [0.25, 0.3) is 5.56 Å². The highest BCUT2D eigenvalue weighted by Crippen LogP contribution is 2.39. The first kappa shape index (κ1) is 21.8. The predicted octanol–water partition coefficient (Wildman–Crippen LogP) is 3.06. The van der Waals surface area contributed by atoms with E-state index in [0.717, 1.165) is 0 Å². The third-order valence-electron chi connectivity index (χ3n) is 4.55. The van der Waals surface area contributed by atoms with E-state index in [1.54, 1.807) is 38.1 Å². The molecule has 31 heavy (non-hydrogen) atoms. The van der Waals surface area contributed by atoms with Gasteiger partial charge in [-0.25, -0.2) is 4.79 Å². The van der Waals surface area contributed by atoms with Crippen LogP contribution in [0.1, 0.15) is 32.8 Å². The number of benzene rings is 2. The molecule has 0 bridgehead atoms. The minimum absolute atomic E-state index is 0.0269. The highest BCUT2D eigenvalue weighted by Gasteiger charge is 2.24. The fourth-order valence-electron chi connectivity index (χ4n) is 2.87. The molecule has 0 fully saturated rings. The number of para-hydroxylation sites is 1. The van der Waals surface area contributed by atoms with E-state index in [1.807, 2.05) is 6.92 Å². The van der Waals surface area contributed by atoms with Gasteiger partial charge < -0.3 is 14.5 Å². The van der Waals surface area contributed by atoms with E-state index in [-0.39, 0.29) is 40.8 Å². The molecular weight excluding hydrogens is 404 g/mol. The SMILES string of the molecule is CCOc1cc(C=Nn2c(=O)[nH]c3ccccc3c2=O)cc([N+](=O)[O-])c1O[C@H](C)CC. The van der Waals surface area contributed by atoms with Crippen LogP contribution in [-0.2, 0) is 0 Å². The van der Waals surface area contributed by atoms with Crippen molar-refractivity contribution in [2.24, 2.45) is 5.10 Å². The predicted molar refractivity (Wildman–Crippen MR) is 116 cm³/mol. The Morgan fingerprint density at radius 1 is 1.26 bits per heavy atom. The third kappa shape index (κ3) is 4.63. The number of aromatic amines is 1. The Hall–Kier alpha value is -3.95. The van der Waals surface area contributed by atoms with Crippen LogP contribution in [0, 0.1) is 10.1 Å². The zero-order valence-corrected chi connectivity index (χ0v) is 17.3. The topological polar surface area (TPSA) is 129 Å². The van der Waals surface area contributed by atoms with E-state index in [4.69, 9.17) is 9.47 Å². The van der Waals surface area contributed by atoms with Gasteiger partial charge in [-0.1, -0.05) is 19.1 Å². The lowest BCUT2D eigenvalue weighted by Gasteiger charge is -2.16. The molecule has 0 radical (unpaired) electrons. The van der Waals surface area contributed by atoms with Crippen LogP contribution < -0.4 is 20.7 Å². The van der Waals surface area contributed by atoms with Crippen molar-refractivity contribution in [3.8, 4) is 11.5 Å². The summed E-state index contributed by atoms with van der Waals surface area (Å²) in [5, 5.41) is 15.9. The summed E-state index contributed by atoms with van der Waals surface area (Å²) in [6, 6.07) is 9.31. The maximum Gasteiger partial charge on any atom is 0.349 e. The summed E-state index contributed by atoms with van der Waals surface area (Å²) >= 11 is 0. The Balaban J connectivity index is 2.10. The second-order valence-electron chi connectivity index (χ2n) is 6.73. The molecule has 1 atom stereocenters. The molecule has 10 nitrogen and oxygen atoms in total. The number of H-pyrrole nitrogens is 1. The minimum Gasteiger partial charge on any atom is -0.490 e. The minimum atomic E-state index is -0.726. The molecule has 0 saturated heterocycles. The molecule has 10 heteroatoms. The van der Waals surface area contributed by atoms with Crippen molar-refractivity contribution in [3.63, 3.8) is 0 Å². The fourth-order valence-corrected chi connectivity index (χ4v) is 2.87. The van der Waals surface area contributed by atoms with Crippen LogP contribution in [0.3, 0.4) is 0 Å². The number of rotatable bonds is 8. The Labute approximate surface area is 176 Å². The highest BCUT2D eigenvalue weighted by atomic mass is 16.6. The van der Waals surface area contributed by atoms with Gasteiger partial charge in [0, 0.05) is 11.6 Å². The van der Waals surface area contributed by atoms with E-state index >= 15 is 0 Å². The van der Waals surface area contributed by atoms with Crippen molar-refractivity contribution in [2.75, 3.05) is 6.61 Å². The monoisotopic (exact) mass is 426 g/mol. The Kier molecular flexibility index (Phi) is 6.49. The van der Waals surface area contributed by atoms with Crippen LogP contribution in [0.15, 0.2) is 51.1 Å². The van der Waals surface area contributed by atoms with E-state index in [0.29, 0.717) is 16.6 Å². The number of nitrogens with zero attached hydrogens (tertiary/aromatic N) is 3. The Bertz CT molecular complexity index is 1260. The average Bonchev–Trinajstić information content (AvgIpc) is 2.74. The van der Waals surface area contributed by atoms with Crippen LogP contribution in [0.25, 0.3) is 10.9 Å². The largest absolute Gasteiger partial charge is 0.490 e. The molecule has 3 aromatic rings. The number of hydrogen-bond acceptors (Lipinski definition) is 7. The van der Waals surface area contributed by atoms with Crippen molar-refractivity contribution in [1.29, 1.82) is 0 Å². The second-order valence-corrected chi connectivity index (χ2v) is 6.73. The van der Waals surface area contributed by atoms with E-state index < -0.39 is 16.2 Å². The number of nitro groups is 1. The van der Waals surface area contributed by atoms with Crippen LogP contribution >= 0.6 is 0 Å². The summed E-state index contributed by atoms with van der Waals surface area (Å²) < 4.78 is 11.9. The van der Waals surface area contributed by atoms with Gasteiger partial charge in [0.15, 0.2) is 5.75 Å². The van der Waals surface area contributed by atoms with Crippen LogP contribution in [0.4, 0.5) is 5.69 Å². The maximum atomic E-state index is 12.6. The summed E-state index contributed by atoms with van der Waals surface area (Å²) in [5.41, 5.74) is -0.966. The van der Waals surface area contributed by atoms with Gasteiger partial charge >= 0.3 is 11.4 Å². The van der Waals surface area contributed by atoms with Gasteiger partial charge in [-0.05, 0) is 38.5 Å². The van der Waals surface area contributed by atoms with E-state index in [2.05, 4.69) is 10.1 Å². The molecule has 1 aromatic heterocycles. The Morgan fingerprint density at radius 3 is 2.68 bits per heavy atom. The molecule has 0 unspecified atom stereocenters. The van der Waals surface area contributed by atoms with Gasteiger partial charge in [-0.2, -0.15) is 5.10 Å². The lowest BCUT2D eigenvalue weighted by Crippen LogP contribution is -2.32. The van der Waals surface area contributed by atoms with Gasteiger partial charge in [-0.15, -0.1) is 4.68 Å². The molecular formula is C21H22N4O6. The van der Waals surface area contributed by atoms with Crippen molar-refractivity contribution in [2.45, 2.75) is 33.3 Å². The van der Waals surface area contributed by atoms with Crippen LogP contribution in [0.5, 0.6) is 11.5 Å². The van der Waals surface area contributed by atoms with Crippen molar-refractivity contribution in [1.82, 2.24) is 9.66 Å². The lowest BCUT2D eigenvalue weighted by molar-refractivity contribution is -0.386. The molecule has 162 valence electrons. The molecule has 2 aromatic carbocycles. The molecule has 0 saturated carbocycles. The number of nitrogens with one attached hydrogen (secondary N) is 1. The number of ether oxygens (including phenoxy) is 2. The van der Waals surface area contributed by atoms with Crippen LogP contribution in [0.2, 0.25) is 0 Å². The quantitative estimate of drug-likeness (QED) is 0.335. The Morgan fingerprint density at radius 2 is 2.00 bits per heavy atom. The molecule has 1 N–H and O–H groups in total. The van der Waals surface area contributed by atoms with E-state index in [1.165, 1.54) is 18.3 Å². The zero-order valence-electron chi connectivity index (χ0n) is 17.3. The van der Waals surface area contributed by atoms with E-state index in [9.17, 15) is 19.7 Å². The standard InChI is InChI=1S/C21H22N4O6/c1-4-13(3)31-19-17(25(28)29)10-14(11-18(19)30-5-2)12-22-24-20(26)15-8-6-7-9-16(15)23-21(24)27/h6-13H,4-5H2,1-3H3,(H,23,27)/t13-/m1/s1. The van der Waals surface area contributed by atoms with Gasteiger partial charge in [0.05, 0.1) is 34.8 Å². The normalized spacial score (nSPS) is 12.2. The van der Waals surface area contributed by atoms with Crippen molar-refractivity contribution in [3.05, 3.63) is 72.9 Å². The summed E-state index contributed by atoms with van der Waals surface area (Å²) in [4.78, 5) is 38.5. The number of hydrogen-bond donors (Lipinski definition) is 1. The first-order valence-corrected chi connectivity index (χ1v) is 9.76. The summed E-state index contributed by atoms with van der Waals surface area (Å²) in [7, 11) is 0. The first-order chi connectivity index (χ1) is 14.8. The lowest BCUT2D eigenvalue weighted by atomic mass is 10.1. The number of nitro benzene ring substituents is 1. The third-order valence-corrected chi connectivity index (χ3v) is 4.55. The van der Waals surface area contributed by atoms with Crippen LogP contribution in [-0.4, -0.2) is 33.5 Å². The number of fused-ring (bicyclic) bond motifs is 1. The van der Waals surface area contributed by atoms with Gasteiger partial charge in [0.1, 0.15) is 0 Å². The molecule has 0 amide bonds. The van der Waals surface area contributed by atoms with Crippen molar-refractivity contribution < 1.29 is 14.4 Å². The van der Waals surface area contributed by atoms with Gasteiger partial charge in [0.2, 0.25) is 5.75 Å². The molecule has 0 aliphatic heterocycles. The molecule has 1 heterocycles. The number of aromatic nitrogens is 2. The fraction of sp³-hybridized carbons (Fsp3) is 0.286. The summed E-state index contributed by atoms with van der Waals surface area (Å²) in [6.07, 6.45) is 1.58. The van der Waals surface area contributed by atoms with Gasteiger partial charge in [-0.3, -0.25) is 14.9 Å². The molecule has 0 spiro atoms. The molecule has 0 aliphatic rings. The maximum absolute atomic E-state index is 12.6. The highest BCUT2D eigenvalue weighted by molar-refractivity contribution is 5.83.